The highest BCUT2D eigenvalue weighted by atomic mass is 15.2. The summed E-state index contributed by atoms with van der Waals surface area (Å²) in [7, 11) is 1.80. The Bertz CT molecular complexity index is 325. The normalized spacial score (nSPS) is 25.4. The van der Waals surface area contributed by atoms with Gasteiger partial charge in [-0.25, -0.2) is 0 Å². The van der Waals surface area contributed by atoms with Crippen molar-refractivity contribution in [3.8, 4) is 0 Å². The summed E-state index contributed by atoms with van der Waals surface area (Å²) in [5.41, 5.74) is 0.134. The first-order valence-corrected chi connectivity index (χ1v) is 7.69. The summed E-state index contributed by atoms with van der Waals surface area (Å²) in [5, 5.41) is 6.64. The molecule has 0 spiro atoms. The molecule has 4 heteroatoms. The fourth-order valence-corrected chi connectivity index (χ4v) is 2.96. The molecule has 20 heavy (non-hydrogen) atoms. The summed E-state index contributed by atoms with van der Waals surface area (Å²) >= 11 is 0. The van der Waals surface area contributed by atoms with Gasteiger partial charge in [0.15, 0.2) is 5.96 Å². The van der Waals surface area contributed by atoms with E-state index in [2.05, 4.69) is 54.8 Å². The quantitative estimate of drug-likeness (QED) is 0.460. The number of hydrogen-bond acceptors (Lipinski definition) is 2. The Labute approximate surface area is 124 Å². The van der Waals surface area contributed by atoms with Crippen molar-refractivity contribution in [3.05, 3.63) is 12.7 Å². The summed E-state index contributed by atoms with van der Waals surface area (Å²) < 4.78 is 0. The molecule has 2 atom stereocenters. The molecule has 0 aliphatic carbocycles. The second kappa shape index (κ2) is 7.67. The number of aliphatic imine (C=N–C) groups is 1. The molecule has 0 radical (unpaired) electrons. The smallest absolute Gasteiger partial charge is 0.191 e. The van der Waals surface area contributed by atoms with E-state index in [1.165, 1.54) is 19.5 Å². The molecule has 0 bridgehead atoms. The minimum Gasteiger partial charge on any atom is -0.355 e. The monoisotopic (exact) mass is 280 g/mol. The van der Waals surface area contributed by atoms with E-state index in [4.69, 9.17) is 0 Å². The summed E-state index contributed by atoms with van der Waals surface area (Å²) in [6.45, 7) is 17.1. The second-order valence-corrected chi connectivity index (χ2v) is 6.76. The van der Waals surface area contributed by atoms with Gasteiger partial charge in [-0.15, -0.1) is 6.58 Å². The van der Waals surface area contributed by atoms with Crippen LogP contribution in [-0.2, 0) is 0 Å². The fourth-order valence-electron chi connectivity index (χ4n) is 2.96. The fraction of sp³-hybridized carbons (Fsp3) is 0.812. The lowest BCUT2D eigenvalue weighted by atomic mass is 9.88. The maximum Gasteiger partial charge on any atom is 0.191 e. The van der Waals surface area contributed by atoms with Crippen molar-refractivity contribution in [3.63, 3.8) is 0 Å². The molecule has 4 nitrogen and oxygen atoms in total. The third-order valence-electron chi connectivity index (χ3n) is 4.05. The largest absolute Gasteiger partial charge is 0.355 e. The van der Waals surface area contributed by atoms with Gasteiger partial charge in [0.1, 0.15) is 0 Å². The van der Waals surface area contributed by atoms with Crippen LogP contribution in [0.3, 0.4) is 0 Å². The maximum atomic E-state index is 4.23. The minimum atomic E-state index is 0.134. The molecule has 2 N–H and O–H groups in total. The lowest BCUT2D eigenvalue weighted by Crippen LogP contribution is -2.57. The van der Waals surface area contributed by atoms with Crippen LogP contribution in [-0.4, -0.2) is 49.6 Å². The molecule has 1 fully saturated rings. The zero-order valence-corrected chi connectivity index (χ0v) is 13.9. The van der Waals surface area contributed by atoms with Gasteiger partial charge in [0.2, 0.25) is 0 Å². The Hall–Kier alpha value is -1.03. The number of nitrogens with one attached hydrogen (secondary N) is 2. The SMILES string of the molecule is C=CCNC(=NC)NCC(C)(C)N1CC(C)CC(C)C1. The van der Waals surface area contributed by atoms with E-state index in [0.717, 1.165) is 30.9 Å². The number of hydrogen-bond donors (Lipinski definition) is 2. The zero-order valence-electron chi connectivity index (χ0n) is 13.9. The predicted molar refractivity (Wildman–Crippen MR) is 88.2 cm³/mol. The van der Waals surface area contributed by atoms with Crippen LogP contribution in [0.25, 0.3) is 0 Å². The molecule has 1 heterocycles. The Morgan fingerprint density at radius 2 is 1.90 bits per heavy atom. The highest BCUT2D eigenvalue weighted by Crippen LogP contribution is 2.26. The molecule has 2 unspecified atom stereocenters. The number of piperidine rings is 1. The molecule has 1 aliphatic rings. The Morgan fingerprint density at radius 3 is 2.40 bits per heavy atom. The van der Waals surface area contributed by atoms with Gasteiger partial charge in [-0.2, -0.15) is 0 Å². The van der Waals surface area contributed by atoms with Crippen molar-refractivity contribution in [2.24, 2.45) is 16.8 Å². The van der Waals surface area contributed by atoms with E-state index in [1.807, 2.05) is 6.08 Å². The van der Waals surface area contributed by atoms with Gasteiger partial charge in [0.25, 0.3) is 0 Å². The zero-order chi connectivity index (χ0) is 15.2. The second-order valence-electron chi connectivity index (χ2n) is 6.76. The molecule has 1 aliphatic heterocycles. The highest BCUT2D eigenvalue weighted by molar-refractivity contribution is 5.79. The Kier molecular flexibility index (Phi) is 6.53. The number of nitrogens with zero attached hydrogens (tertiary/aromatic N) is 2. The summed E-state index contributed by atoms with van der Waals surface area (Å²) in [6.07, 6.45) is 3.19. The molecule has 116 valence electrons. The van der Waals surface area contributed by atoms with E-state index in [1.54, 1.807) is 7.05 Å². The van der Waals surface area contributed by atoms with Crippen LogP contribution in [0.4, 0.5) is 0 Å². The van der Waals surface area contributed by atoms with Crippen LogP contribution < -0.4 is 10.6 Å². The van der Waals surface area contributed by atoms with Gasteiger partial charge in [-0.3, -0.25) is 9.89 Å². The summed E-state index contributed by atoms with van der Waals surface area (Å²) in [6, 6.07) is 0. The van der Waals surface area contributed by atoms with Gasteiger partial charge in [0.05, 0.1) is 0 Å². The van der Waals surface area contributed by atoms with Crippen LogP contribution in [0, 0.1) is 11.8 Å². The van der Waals surface area contributed by atoms with Gasteiger partial charge in [0, 0.05) is 38.8 Å². The van der Waals surface area contributed by atoms with Gasteiger partial charge in [-0.1, -0.05) is 19.9 Å². The van der Waals surface area contributed by atoms with Crippen molar-refractivity contribution >= 4 is 5.96 Å². The molecular formula is C16H32N4. The van der Waals surface area contributed by atoms with Crippen LogP contribution in [0.5, 0.6) is 0 Å². The Balaban J connectivity index is 2.53. The average Bonchev–Trinajstić information content (AvgIpc) is 2.38. The molecule has 0 saturated carbocycles. The van der Waals surface area contributed by atoms with E-state index in [-0.39, 0.29) is 5.54 Å². The van der Waals surface area contributed by atoms with Crippen LogP contribution in [0.15, 0.2) is 17.6 Å². The highest BCUT2D eigenvalue weighted by Gasteiger charge is 2.32. The minimum absolute atomic E-state index is 0.134. The first-order chi connectivity index (χ1) is 9.39. The molecular weight excluding hydrogens is 248 g/mol. The van der Waals surface area contributed by atoms with Crippen molar-refractivity contribution < 1.29 is 0 Å². The average molecular weight is 280 g/mol. The lowest BCUT2D eigenvalue weighted by molar-refractivity contribution is 0.0483. The number of likely N-dealkylation sites (tertiary alicyclic amines) is 1. The molecule has 0 aromatic heterocycles. The molecule has 1 saturated heterocycles. The van der Waals surface area contributed by atoms with Crippen molar-refractivity contribution in [1.82, 2.24) is 15.5 Å². The molecule has 0 aromatic carbocycles. The summed E-state index contributed by atoms with van der Waals surface area (Å²) in [4.78, 5) is 6.84. The first-order valence-electron chi connectivity index (χ1n) is 7.69. The standard InChI is InChI=1S/C16H32N4/c1-7-8-18-15(17-6)19-12-16(4,5)20-10-13(2)9-14(3)11-20/h7,13-14H,1,8-12H2,2-6H3,(H2,17,18,19). The van der Waals surface area contributed by atoms with Gasteiger partial charge >= 0.3 is 0 Å². The molecule has 0 aromatic rings. The summed E-state index contributed by atoms with van der Waals surface area (Å²) in [5.74, 6) is 2.42. The van der Waals surface area contributed by atoms with Gasteiger partial charge in [-0.05, 0) is 32.1 Å². The van der Waals surface area contributed by atoms with Crippen molar-refractivity contribution in [2.75, 3.05) is 33.2 Å². The third kappa shape index (κ3) is 5.16. The van der Waals surface area contributed by atoms with Crippen LogP contribution in [0.1, 0.15) is 34.1 Å². The predicted octanol–water partition coefficient (Wildman–Crippen LogP) is 2.09. The first kappa shape index (κ1) is 17.0. The topological polar surface area (TPSA) is 39.7 Å². The van der Waals surface area contributed by atoms with E-state index >= 15 is 0 Å². The lowest BCUT2D eigenvalue weighted by Gasteiger charge is -2.45. The van der Waals surface area contributed by atoms with E-state index in [0.29, 0.717) is 0 Å². The van der Waals surface area contributed by atoms with Gasteiger partial charge < -0.3 is 10.6 Å². The van der Waals surface area contributed by atoms with Crippen molar-refractivity contribution in [1.29, 1.82) is 0 Å². The van der Waals surface area contributed by atoms with E-state index < -0.39 is 0 Å². The van der Waals surface area contributed by atoms with Crippen molar-refractivity contribution in [2.45, 2.75) is 39.7 Å². The number of rotatable bonds is 5. The third-order valence-corrected chi connectivity index (χ3v) is 4.05. The molecule has 1 rings (SSSR count). The van der Waals surface area contributed by atoms with E-state index in [9.17, 15) is 0 Å². The van der Waals surface area contributed by atoms with Crippen LogP contribution >= 0.6 is 0 Å². The Morgan fingerprint density at radius 1 is 1.30 bits per heavy atom. The number of guanidine groups is 1. The maximum absolute atomic E-state index is 4.23. The molecule has 0 amide bonds. The van der Waals surface area contributed by atoms with Crippen LogP contribution in [0.2, 0.25) is 0 Å².